The van der Waals surface area contributed by atoms with Crippen molar-refractivity contribution < 1.29 is 9.53 Å². The number of benzene rings is 1. The first-order valence-electron chi connectivity index (χ1n) is 10.1. The molecule has 6 nitrogen and oxygen atoms in total. The second kappa shape index (κ2) is 8.97. The summed E-state index contributed by atoms with van der Waals surface area (Å²) >= 11 is 0. The van der Waals surface area contributed by atoms with E-state index in [1.807, 2.05) is 36.4 Å². The minimum absolute atomic E-state index is 0.148. The maximum absolute atomic E-state index is 12.6. The normalized spacial score (nSPS) is 15.0. The van der Waals surface area contributed by atoms with E-state index in [9.17, 15) is 4.79 Å². The van der Waals surface area contributed by atoms with E-state index in [1.165, 1.54) is 32.1 Å². The fourth-order valence-corrected chi connectivity index (χ4v) is 3.73. The average molecular weight is 378 g/mol. The summed E-state index contributed by atoms with van der Waals surface area (Å²) in [4.78, 5) is 17.0. The molecule has 1 fully saturated rings. The van der Waals surface area contributed by atoms with Gasteiger partial charge in [0.2, 0.25) is 0 Å². The number of nitrogens with zero attached hydrogens (tertiary/aromatic N) is 3. The van der Waals surface area contributed by atoms with Crippen LogP contribution in [0.25, 0.3) is 16.9 Å². The Morgan fingerprint density at radius 1 is 1.14 bits per heavy atom. The number of carbonyl (C=O) groups is 1. The molecule has 146 valence electrons. The number of hydrogen-bond acceptors (Lipinski definition) is 4. The van der Waals surface area contributed by atoms with Gasteiger partial charge in [-0.1, -0.05) is 49.6 Å². The third-order valence-corrected chi connectivity index (χ3v) is 5.23. The lowest BCUT2D eigenvalue weighted by atomic mass is 9.98. The fourth-order valence-electron chi connectivity index (χ4n) is 3.73. The van der Waals surface area contributed by atoms with E-state index >= 15 is 0 Å². The summed E-state index contributed by atoms with van der Waals surface area (Å²) in [5.74, 6) is -0.148. The molecule has 1 N–H and O–H groups in total. The molecular weight excluding hydrogens is 352 g/mol. The zero-order valence-electron chi connectivity index (χ0n) is 16.0. The van der Waals surface area contributed by atoms with E-state index in [0.717, 1.165) is 17.7 Å². The Morgan fingerprint density at radius 3 is 2.79 bits per heavy atom. The lowest BCUT2D eigenvalue weighted by Crippen LogP contribution is -2.26. The smallest absolute Gasteiger partial charge is 0.256 e. The Labute approximate surface area is 164 Å². The van der Waals surface area contributed by atoms with Crippen LogP contribution < -0.4 is 5.32 Å². The third kappa shape index (κ3) is 4.22. The Kier molecular flexibility index (Phi) is 5.97. The first-order valence-corrected chi connectivity index (χ1v) is 10.1. The van der Waals surface area contributed by atoms with E-state index in [-0.39, 0.29) is 5.91 Å². The van der Waals surface area contributed by atoms with Gasteiger partial charge in [-0.3, -0.25) is 4.79 Å². The molecule has 6 heteroatoms. The van der Waals surface area contributed by atoms with Gasteiger partial charge in [-0.2, -0.15) is 5.10 Å². The van der Waals surface area contributed by atoms with Crippen LogP contribution in [0.3, 0.4) is 0 Å². The van der Waals surface area contributed by atoms with E-state index in [0.29, 0.717) is 30.5 Å². The second-order valence-electron chi connectivity index (χ2n) is 7.23. The van der Waals surface area contributed by atoms with E-state index in [4.69, 9.17) is 4.74 Å². The van der Waals surface area contributed by atoms with E-state index < -0.39 is 0 Å². The van der Waals surface area contributed by atoms with Crippen LogP contribution in [-0.2, 0) is 4.74 Å². The van der Waals surface area contributed by atoms with Crippen molar-refractivity contribution in [2.24, 2.45) is 0 Å². The number of amides is 1. The van der Waals surface area contributed by atoms with Crippen molar-refractivity contribution in [3.05, 3.63) is 54.4 Å². The minimum Gasteiger partial charge on any atom is -0.378 e. The zero-order valence-corrected chi connectivity index (χ0v) is 16.0. The monoisotopic (exact) mass is 378 g/mol. The third-order valence-electron chi connectivity index (χ3n) is 5.23. The summed E-state index contributed by atoms with van der Waals surface area (Å²) < 4.78 is 7.63. The largest absolute Gasteiger partial charge is 0.378 e. The molecule has 0 spiro atoms. The summed E-state index contributed by atoms with van der Waals surface area (Å²) in [5, 5.41) is 7.35. The minimum atomic E-state index is -0.148. The lowest BCUT2D eigenvalue weighted by molar-refractivity contribution is 0.0273. The summed E-state index contributed by atoms with van der Waals surface area (Å²) in [6, 6.07) is 11.9. The first-order chi connectivity index (χ1) is 13.8. The highest BCUT2D eigenvalue weighted by Crippen LogP contribution is 2.21. The molecule has 2 heterocycles. The van der Waals surface area contributed by atoms with Gasteiger partial charge in [0, 0.05) is 24.9 Å². The number of rotatable bonds is 7. The molecule has 0 saturated heterocycles. The summed E-state index contributed by atoms with van der Waals surface area (Å²) in [7, 11) is 0. The second-order valence-corrected chi connectivity index (χ2v) is 7.23. The molecule has 1 aliphatic carbocycles. The molecule has 2 aromatic heterocycles. The van der Waals surface area contributed by atoms with Crippen LogP contribution >= 0.6 is 0 Å². The van der Waals surface area contributed by atoms with E-state index in [2.05, 4.69) is 15.4 Å². The van der Waals surface area contributed by atoms with Crippen molar-refractivity contribution in [1.82, 2.24) is 19.9 Å². The van der Waals surface area contributed by atoms with Crippen LogP contribution in [0, 0.1) is 0 Å². The van der Waals surface area contributed by atoms with Crippen molar-refractivity contribution in [2.45, 2.75) is 44.6 Å². The maximum Gasteiger partial charge on any atom is 0.256 e. The highest BCUT2D eigenvalue weighted by Gasteiger charge is 2.16. The molecule has 0 radical (unpaired) electrons. The van der Waals surface area contributed by atoms with Crippen molar-refractivity contribution in [1.29, 1.82) is 0 Å². The van der Waals surface area contributed by atoms with Gasteiger partial charge in [-0.05, 0) is 25.3 Å². The van der Waals surface area contributed by atoms with Gasteiger partial charge in [0.1, 0.15) is 5.56 Å². The predicted octanol–water partition coefficient (Wildman–Crippen LogP) is 3.87. The summed E-state index contributed by atoms with van der Waals surface area (Å²) in [6.45, 7) is 1.28. The number of aromatic nitrogens is 3. The van der Waals surface area contributed by atoms with Crippen molar-refractivity contribution >= 4 is 11.6 Å². The van der Waals surface area contributed by atoms with Gasteiger partial charge in [0.15, 0.2) is 5.65 Å². The molecule has 3 aromatic rings. The standard InChI is InChI=1S/C22H26N4O2/c27-22(24-13-7-15-28-18-10-5-2-6-11-18)19-16-25-26-20(12-14-23-21(19)26)17-8-3-1-4-9-17/h1,3-4,8-9,12,14,16,18H,2,5-7,10-11,13,15H2,(H,24,27). The average Bonchev–Trinajstić information content (AvgIpc) is 3.19. The van der Waals surface area contributed by atoms with Crippen LogP contribution in [-0.4, -0.2) is 39.8 Å². The molecule has 1 aliphatic rings. The Hall–Kier alpha value is -2.73. The Bertz CT molecular complexity index is 917. The van der Waals surface area contributed by atoms with Crippen molar-refractivity contribution in [3.8, 4) is 11.3 Å². The highest BCUT2D eigenvalue weighted by molar-refractivity contribution is 5.99. The van der Waals surface area contributed by atoms with Crippen LogP contribution in [0.4, 0.5) is 0 Å². The molecule has 0 atom stereocenters. The number of hydrogen-bond donors (Lipinski definition) is 1. The predicted molar refractivity (Wildman–Crippen MR) is 108 cm³/mol. The Morgan fingerprint density at radius 2 is 1.96 bits per heavy atom. The summed E-state index contributed by atoms with van der Waals surface area (Å²) in [5.41, 5.74) is 3.00. The molecule has 4 rings (SSSR count). The van der Waals surface area contributed by atoms with Gasteiger partial charge >= 0.3 is 0 Å². The van der Waals surface area contributed by atoms with E-state index in [1.54, 1.807) is 16.9 Å². The molecule has 0 aliphatic heterocycles. The van der Waals surface area contributed by atoms with Crippen molar-refractivity contribution in [2.75, 3.05) is 13.2 Å². The molecule has 1 amide bonds. The van der Waals surface area contributed by atoms with Crippen LogP contribution in [0.1, 0.15) is 48.9 Å². The number of carbonyl (C=O) groups excluding carboxylic acids is 1. The Balaban J connectivity index is 1.35. The molecule has 0 bridgehead atoms. The van der Waals surface area contributed by atoms with Gasteiger partial charge in [0.25, 0.3) is 5.91 Å². The molecule has 1 saturated carbocycles. The van der Waals surface area contributed by atoms with Gasteiger partial charge in [0.05, 0.1) is 18.0 Å². The topological polar surface area (TPSA) is 68.5 Å². The fraction of sp³-hybridized carbons (Fsp3) is 0.409. The molecule has 1 aromatic carbocycles. The maximum atomic E-state index is 12.6. The molecule has 28 heavy (non-hydrogen) atoms. The van der Waals surface area contributed by atoms with Crippen molar-refractivity contribution in [3.63, 3.8) is 0 Å². The first kappa shape index (κ1) is 18.6. The summed E-state index contributed by atoms with van der Waals surface area (Å²) in [6.07, 6.45) is 10.7. The SMILES string of the molecule is O=C(NCCCOC1CCCCC1)c1cnn2c(-c3ccccc3)ccnc12. The van der Waals surface area contributed by atoms with Gasteiger partial charge in [-0.15, -0.1) is 0 Å². The quantitative estimate of drug-likeness (QED) is 0.634. The molecule has 0 unspecified atom stereocenters. The molecular formula is C22H26N4O2. The highest BCUT2D eigenvalue weighted by atomic mass is 16.5. The number of fused-ring (bicyclic) bond motifs is 1. The zero-order chi connectivity index (χ0) is 19.2. The number of nitrogens with one attached hydrogen (secondary N) is 1. The van der Waals surface area contributed by atoms with Gasteiger partial charge in [-0.25, -0.2) is 9.50 Å². The van der Waals surface area contributed by atoms with Crippen LogP contribution in [0.2, 0.25) is 0 Å². The van der Waals surface area contributed by atoms with Crippen LogP contribution in [0.15, 0.2) is 48.8 Å². The number of ether oxygens (including phenoxy) is 1. The van der Waals surface area contributed by atoms with Crippen LogP contribution in [0.5, 0.6) is 0 Å². The lowest BCUT2D eigenvalue weighted by Gasteiger charge is -2.21. The van der Waals surface area contributed by atoms with Gasteiger partial charge < -0.3 is 10.1 Å².